The normalized spacial score (nSPS) is 16.6. The summed E-state index contributed by atoms with van der Waals surface area (Å²) in [4.78, 5) is 9.97. The average Bonchev–Trinajstić information content (AvgIpc) is 3.34. The van der Waals surface area contributed by atoms with Gasteiger partial charge in [-0.05, 0) is 30.7 Å². The first kappa shape index (κ1) is 16.4. The first-order valence-corrected chi connectivity index (χ1v) is 9.81. The number of imidazole rings is 1. The van der Waals surface area contributed by atoms with E-state index in [4.69, 9.17) is 0 Å². The lowest BCUT2D eigenvalue weighted by Crippen LogP contribution is -2.32. The van der Waals surface area contributed by atoms with E-state index in [1.165, 1.54) is 23.5 Å². The lowest BCUT2D eigenvalue weighted by molar-refractivity contribution is 0.440. The molecule has 0 aliphatic carbocycles. The summed E-state index contributed by atoms with van der Waals surface area (Å²) in [5, 5.41) is 13.5. The molecule has 1 aliphatic heterocycles. The number of aryl methyl sites for hydroxylation is 2. The van der Waals surface area contributed by atoms with Crippen molar-refractivity contribution < 1.29 is 4.39 Å². The average molecular weight is 383 g/mol. The molecule has 3 aromatic heterocycles. The fourth-order valence-electron chi connectivity index (χ4n) is 3.32. The Hall–Kier alpha value is -2.81. The summed E-state index contributed by atoms with van der Waals surface area (Å²) in [6.07, 6.45) is 4.65. The Balaban J connectivity index is 1.32. The van der Waals surface area contributed by atoms with Gasteiger partial charge in [-0.25, -0.2) is 23.6 Å². The number of aromatic nitrogens is 6. The van der Waals surface area contributed by atoms with E-state index in [1.54, 1.807) is 16.6 Å². The van der Waals surface area contributed by atoms with E-state index in [-0.39, 0.29) is 11.9 Å². The quantitative estimate of drug-likeness (QED) is 0.586. The molecule has 4 aromatic rings. The van der Waals surface area contributed by atoms with Gasteiger partial charge in [0, 0.05) is 24.4 Å². The number of hydrogen-bond acceptors (Lipinski definition) is 6. The molecular formula is C18H18FN7S. The molecule has 1 atom stereocenters. The summed E-state index contributed by atoms with van der Waals surface area (Å²) in [5.41, 5.74) is 1.67. The maximum Gasteiger partial charge on any atom is 0.214 e. The van der Waals surface area contributed by atoms with Crippen LogP contribution in [0.3, 0.4) is 0 Å². The van der Waals surface area contributed by atoms with Crippen LogP contribution in [0.5, 0.6) is 0 Å². The van der Waals surface area contributed by atoms with Gasteiger partial charge >= 0.3 is 0 Å². The number of fused-ring (bicyclic) bond motifs is 2. The summed E-state index contributed by atoms with van der Waals surface area (Å²) < 4.78 is 16.9. The Bertz CT molecular complexity index is 1060. The molecule has 138 valence electrons. The molecule has 0 bridgehead atoms. The molecule has 27 heavy (non-hydrogen) atoms. The lowest BCUT2D eigenvalue weighted by Gasteiger charge is -2.22. The number of anilines is 1. The van der Waals surface area contributed by atoms with Gasteiger partial charge in [0.25, 0.3) is 0 Å². The molecule has 7 nitrogen and oxygen atoms in total. The van der Waals surface area contributed by atoms with Crippen molar-refractivity contribution in [1.82, 2.24) is 29.4 Å². The number of nitrogens with one attached hydrogen (secondary N) is 1. The number of benzene rings is 1. The van der Waals surface area contributed by atoms with Crippen LogP contribution in [-0.2, 0) is 19.4 Å². The number of rotatable bonds is 4. The molecule has 0 saturated heterocycles. The third kappa shape index (κ3) is 3.08. The van der Waals surface area contributed by atoms with Crippen molar-refractivity contribution in [2.24, 2.45) is 0 Å². The monoisotopic (exact) mass is 383 g/mol. The number of hydrogen-bond donors (Lipinski definition) is 1. The van der Waals surface area contributed by atoms with E-state index in [0.717, 1.165) is 58.8 Å². The maximum atomic E-state index is 13.1. The third-order valence-electron chi connectivity index (χ3n) is 4.73. The molecule has 1 N–H and O–H groups in total. The van der Waals surface area contributed by atoms with Gasteiger partial charge in [-0.2, -0.15) is 5.10 Å². The molecule has 0 amide bonds. The van der Waals surface area contributed by atoms with E-state index in [9.17, 15) is 4.39 Å². The fraction of sp³-hybridized carbons (Fsp3) is 0.333. The second-order valence-electron chi connectivity index (χ2n) is 6.63. The summed E-state index contributed by atoms with van der Waals surface area (Å²) in [6.45, 7) is 2.87. The van der Waals surface area contributed by atoms with Crippen molar-refractivity contribution in [3.8, 4) is 11.3 Å². The zero-order valence-electron chi connectivity index (χ0n) is 14.8. The Morgan fingerprint density at radius 1 is 1.22 bits per heavy atom. The van der Waals surface area contributed by atoms with E-state index in [0.29, 0.717) is 0 Å². The summed E-state index contributed by atoms with van der Waals surface area (Å²) in [5.74, 6) is 1.73. The zero-order chi connectivity index (χ0) is 18.4. The Labute approximate surface area is 158 Å². The van der Waals surface area contributed by atoms with Crippen molar-refractivity contribution >= 4 is 21.4 Å². The standard InChI is InChI=1S/C18H18FN7S/c1-2-15-22-16-8-7-13(9-25(16)23-15)20-17-24-26-10-14(21-18(26)27-17)11-3-5-12(19)6-4-11/h3-6,10,13H,2,7-9H2,1H3,(H,20,24). The predicted octanol–water partition coefficient (Wildman–Crippen LogP) is 3.18. The summed E-state index contributed by atoms with van der Waals surface area (Å²) in [6, 6.07) is 6.60. The molecule has 4 heterocycles. The van der Waals surface area contributed by atoms with Crippen LogP contribution < -0.4 is 5.32 Å². The van der Waals surface area contributed by atoms with Crippen molar-refractivity contribution in [3.05, 3.63) is 47.9 Å². The fourth-order valence-corrected chi connectivity index (χ4v) is 4.18. The highest BCUT2D eigenvalue weighted by Gasteiger charge is 2.22. The van der Waals surface area contributed by atoms with Crippen LogP contribution in [0.15, 0.2) is 30.5 Å². The molecule has 9 heteroatoms. The Morgan fingerprint density at radius 3 is 2.85 bits per heavy atom. The van der Waals surface area contributed by atoms with Crippen LogP contribution in [0.25, 0.3) is 16.2 Å². The molecule has 5 rings (SSSR count). The largest absolute Gasteiger partial charge is 0.355 e. The molecular weight excluding hydrogens is 365 g/mol. The minimum atomic E-state index is -0.251. The molecule has 1 aromatic carbocycles. The van der Waals surface area contributed by atoms with E-state index in [2.05, 4.69) is 32.4 Å². The SMILES string of the molecule is CCc1nc2n(n1)CC(Nc1nn3cc(-c4ccc(F)cc4)nc3s1)CC2. The van der Waals surface area contributed by atoms with Gasteiger partial charge in [-0.15, -0.1) is 5.10 Å². The van der Waals surface area contributed by atoms with Crippen molar-refractivity contribution in [2.75, 3.05) is 5.32 Å². The van der Waals surface area contributed by atoms with Gasteiger partial charge in [0.1, 0.15) is 11.6 Å². The maximum absolute atomic E-state index is 13.1. The molecule has 1 aliphatic rings. The van der Waals surface area contributed by atoms with Gasteiger partial charge in [0.05, 0.1) is 18.4 Å². The molecule has 0 radical (unpaired) electrons. The summed E-state index contributed by atoms with van der Waals surface area (Å²) in [7, 11) is 0. The van der Waals surface area contributed by atoms with E-state index >= 15 is 0 Å². The van der Waals surface area contributed by atoms with Gasteiger partial charge < -0.3 is 5.32 Å². The molecule has 1 unspecified atom stereocenters. The molecule has 0 fully saturated rings. The number of nitrogens with zero attached hydrogens (tertiary/aromatic N) is 6. The highest BCUT2D eigenvalue weighted by Crippen LogP contribution is 2.26. The highest BCUT2D eigenvalue weighted by atomic mass is 32.1. The predicted molar refractivity (Wildman–Crippen MR) is 101 cm³/mol. The Kier molecular flexibility index (Phi) is 3.89. The lowest BCUT2D eigenvalue weighted by atomic mass is 10.1. The van der Waals surface area contributed by atoms with Crippen LogP contribution in [0, 0.1) is 5.82 Å². The zero-order valence-corrected chi connectivity index (χ0v) is 15.6. The topological polar surface area (TPSA) is 72.9 Å². The van der Waals surface area contributed by atoms with E-state index in [1.807, 2.05) is 10.9 Å². The van der Waals surface area contributed by atoms with Crippen LogP contribution in [-0.4, -0.2) is 35.4 Å². The highest BCUT2D eigenvalue weighted by molar-refractivity contribution is 7.20. The van der Waals surface area contributed by atoms with Crippen LogP contribution in [0.4, 0.5) is 9.52 Å². The smallest absolute Gasteiger partial charge is 0.214 e. The first-order chi connectivity index (χ1) is 13.2. The second-order valence-corrected chi connectivity index (χ2v) is 7.58. The van der Waals surface area contributed by atoms with Gasteiger partial charge in [0.15, 0.2) is 5.82 Å². The van der Waals surface area contributed by atoms with Crippen molar-refractivity contribution in [2.45, 2.75) is 38.8 Å². The van der Waals surface area contributed by atoms with Gasteiger partial charge in [-0.1, -0.05) is 18.3 Å². The van der Waals surface area contributed by atoms with Crippen LogP contribution in [0.2, 0.25) is 0 Å². The molecule has 0 spiro atoms. The Morgan fingerprint density at radius 2 is 2.07 bits per heavy atom. The molecule has 0 saturated carbocycles. The minimum Gasteiger partial charge on any atom is -0.355 e. The van der Waals surface area contributed by atoms with Gasteiger partial charge in [-0.3, -0.25) is 0 Å². The van der Waals surface area contributed by atoms with Gasteiger partial charge in [0.2, 0.25) is 10.1 Å². The number of halogens is 1. The van der Waals surface area contributed by atoms with Crippen molar-refractivity contribution in [1.29, 1.82) is 0 Å². The minimum absolute atomic E-state index is 0.251. The second kappa shape index (κ2) is 6.41. The van der Waals surface area contributed by atoms with Crippen molar-refractivity contribution in [3.63, 3.8) is 0 Å². The van der Waals surface area contributed by atoms with Crippen LogP contribution in [0.1, 0.15) is 25.0 Å². The van der Waals surface area contributed by atoms with E-state index < -0.39 is 0 Å². The third-order valence-corrected chi connectivity index (χ3v) is 5.58. The first-order valence-electron chi connectivity index (χ1n) is 8.99. The van der Waals surface area contributed by atoms with Crippen LogP contribution >= 0.6 is 11.3 Å². The summed E-state index contributed by atoms with van der Waals surface area (Å²) >= 11 is 1.51.